The molecular weight excluding hydrogens is 424 g/mol. The highest BCUT2D eigenvalue weighted by molar-refractivity contribution is 8.01. The van der Waals surface area contributed by atoms with Crippen LogP contribution in [0.2, 0.25) is 0 Å². The Morgan fingerprint density at radius 3 is 2.19 bits per heavy atom. The summed E-state index contributed by atoms with van der Waals surface area (Å²) in [6.07, 6.45) is 1.78. The Balaban J connectivity index is 1.94. The van der Waals surface area contributed by atoms with Gasteiger partial charge in [-0.1, -0.05) is 53.3 Å². The van der Waals surface area contributed by atoms with E-state index in [1.165, 1.54) is 11.3 Å². The van der Waals surface area contributed by atoms with Crippen LogP contribution in [0.5, 0.6) is 0 Å². The quantitative estimate of drug-likeness (QED) is 0.399. The van der Waals surface area contributed by atoms with Gasteiger partial charge in [0.2, 0.25) is 15.4 Å². The van der Waals surface area contributed by atoms with Crippen LogP contribution in [0.1, 0.15) is 16.1 Å². The van der Waals surface area contributed by atoms with Crippen molar-refractivity contribution in [3.05, 3.63) is 88.9 Å². The summed E-state index contributed by atoms with van der Waals surface area (Å²) < 4.78 is 30.6. The first-order valence-electron chi connectivity index (χ1n) is 9.96. The van der Waals surface area contributed by atoms with Crippen molar-refractivity contribution in [3.8, 4) is 0 Å². The molecule has 0 amide bonds. The van der Waals surface area contributed by atoms with Crippen molar-refractivity contribution in [2.45, 2.75) is 11.8 Å². The zero-order valence-electron chi connectivity index (χ0n) is 18.0. The fourth-order valence-electron chi connectivity index (χ4n) is 3.44. The Bertz CT molecular complexity index is 1370. The van der Waals surface area contributed by atoms with E-state index in [4.69, 9.17) is 0 Å². The topological polar surface area (TPSA) is 41.3 Å². The third-order valence-corrected chi connectivity index (χ3v) is 8.44. The molecule has 0 fully saturated rings. The first kappa shape index (κ1) is 21.3. The van der Waals surface area contributed by atoms with Gasteiger partial charge >= 0.3 is 0 Å². The fraction of sp³-hybridized carbons (Fsp3) is 0.160. The number of anilines is 1. The molecule has 6 heteroatoms. The minimum atomic E-state index is -3.73. The van der Waals surface area contributed by atoms with Crippen molar-refractivity contribution in [2.24, 2.45) is 7.05 Å². The zero-order chi connectivity index (χ0) is 22.2. The minimum absolute atomic E-state index is 0.298. The molecule has 158 valence electrons. The molecule has 1 aromatic heterocycles. The van der Waals surface area contributed by atoms with Gasteiger partial charge in [-0.3, -0.25) is 0 Å². The van der Waals surface area contributed by atoms with Crippen LogP contribution < -0.4 is 9.47 Å². The van der Waals surface area contributed by atoms with E-state index in [1.54, 1.807) is 18.2 Å². The van der Waals surface area contributed by atoms with Crippen LogP contribution in [-0.2, 0) is 16.9 Å². The van der Waals surface area contributed by atoms with Crippen molar-refractivity contribution in [1.82, 2.24) is 0 Å². The summed E-state index contributed by atoms with van der Waals surface area (Å²) in [5, 5.41) is 0.707. The maximum Gasteiger partial charge on any atom is 0.281 e. The van der Waals surface area contributed by atoms with Gasteiger partial charge in [-0.25, -0.2) is 8.42 Å². The molecule has 31 heavy (non-hydrogen) atoms. The highest BCUT2D eigenvalue weighted by Gasteiger charge is 2.31. The number of sulfone groups is 1. The molecular formula is C25H25N2O2S2+. The highest BCUT2D eigenvalue weighted by Crippen LogP contribution is 2.34. The molecule has 0 bridgehead atoms. The summed E-state index contributed by atoms with van der Waals surface area (Å²) in [4.78, 5) is 2.62. The molecule has 0 spiro atoms. The van der Waals surface area contributed by atoms with Crippen LogP contribution in [0.15, 0.2) is 77.7 Å². The summed E-state index contributed by atoms with van der Waals surface area (Å²) in [5.41, 5.74) is 3.94. The Morgan fingerprint density at radius 1 is 0.935 bits per heavy atom. The second kappa shape index (κ2) is 8.29. The van der Waals surface area contributed by atoms with E-state index in [2.05, 4.69) is 0 Å². The lowest BCUT2D eigenvalue weighted by molar-refractivity contribution is -0.642. The van der Waals surface area contributed by atoms with Gasteiger partial charge in [-0.2, -0.15) is 4.57 Å². The van der Waals surface area contributed by atoms with Gasteiger partial charge in [0.05, 0.1) is 4.90 Å². The molecule has 0 aliphatic carbocycles. The Labute approximate surface area is 187 Å². The molecule has 0 N–H and O–H groups in total. The minimum Gasteiger partial charge on any atom is -0.378 e. The zero-order valence-corrected chi connectivity index (χ0v) is 19.7. The second-order valence-corrected chi connectivity index (χ2v) is 10.7. The summed E-state index contributed by atoms with van der Waals surface area (Å²) in [7, 11) is 2.16. The fourth-order valence-corrected chi connectivity index (χ4v) is 6.36. The van der Waals surface area contributed by atoms with Crippen LogP contribution in [0.4, 0.5) is 5.69 Å². The molecule has 4 nitrogen and oxygen atoms in total. The molecule has 4 aromatic rings. The van der Waals surface area contributed by atoms with Gasteiger partial charge < -0.3 is 4.90 Å². The smallest absolute Gasteiger partial charge is 0.281 e. The van der Waals surface area contributed by atoms with Gasteiger partial charge in [0, 0.05) is 25.8 Å². The second-order valence-electron chi connectivity index (χ2n) is 7.74. The lowest BCUT2D eigenvalue weighted by Gasteiger charge is -2.12. The van der Waals surface area contributed by atoms with E-state index in [9.17, 15) is 8.42 Å². The molecule has 0 aliphatic heterocycles. The first-order valence-corrected chi connectivity index (χ1v) is 12.3. The number of benzene rings is 3. The van der Waals surface area contributed by atoms with E-state index in [-0.39, 0.29) is 0 Å². The van der Waals surface area contributed by atoms with Crippen LogP contribution >= 0.6 is 11.3 Å². The molecule has 4 rings (SSSR count). The Hall–Kier alpha value is -2.96. The van der Waals surface area contributed by atoms with Crippen molar-refractivity contribution in [2.75, 3.05) is 19.0 Å². The van der Waals surface area contributed by atoms with Crippen LogP contribution in [-0.4, -0.2) is 22.5 Å². The standard InChI is InChI=1S/C25H25N2O2S2/c1-18-9-15-21(16-10-18)31(28,29)24(17-19-11-13-20(14-12-19)26(2)3)25-27(4)22-7-5-6-8-23(22)30-25/h5-17H,1-4H3/q+1. The van der Waals surface area contributed by atoms with Gasteiger partial charge in [0.25, 0.3) is 5.01 Å². The lowest BCUT2D eigenvalue weighted by Crippen LogP contribution is -2.31. The van der Waals surface area contributed by atoms with Crippen molar-refractivity contribution in [3.63, 3.8) is 0 Å². The average molecular weight is 450 g/mol. The van der Waals surface area contributed by atoms with Crippen molar-refractivity contribution in [1.29, 1.82) is 0 Å². The van der Waals surface area contributed by atoms with Gasteiger partial charge in [-0.05, 0) is 48.9 Å². The summed E-state index contributed by atoms with van der Waals surface area (Å²) in [6, 6.07) is 22.9. The van der Waals surface area contributed by atoms with E-state index in [1.807, 2.05) is 98.2 Å². The molecule has 3 aromatic carbocycles. The predicted molar refractivity (Wildman–Crippen MR) is 130 cm³/mol. The van der Waals surface area contributed by atoms with Crippen LogP contribution in [0.3, 0.4) is 0 Å². The van der Waals surface area contributed by atoms with E-state index >= 15 is 0 Å². The largest absolute Gasteiger partial charge is 0.378 e. The number of hydrogen-bond acceptors (Lipinski definition) is 4. The normalized spacial score (nSPS) is 12.3. The highest BCUT2D eigenvalue weighted by atomic mass is 32.2. The maximum atomic E-state index is 13.8. The molecule has 0 radical (unpaired) electrons. The van der Waals surface area contributed by atoms with E-state index < -0.39 is 9.84 Å². The van der Waals surface area contributed by atoms with Gasteiger partial charge in [0.15, 0.2) is 4.91 Å². The molecule has 1 heterocycles. The summed E-state index contributed by atoms with van der Waals surface area (Å²) >= 11 is 1.49. The molecule has 0 saturated carbocycles. The molecule has 0 aliphatic rings. The molecule has 0 unspecified atom stereocenters. The van der Waals surface area contributed by atoms with Crippen LogP contribution in [0.25, 0.3) is 21.2 Å². The first-order chi connectivity index (χ1) is 14.8. The van der Waals surface area contributed by atoms with E-state index in [0.717, 1.165) is 27.0 Å². The summed E-state index contributed by atoms with van der Waals surface area (Å²) in [6.45, 7) is 1.95. The van der Waals surface area contributed by atoms with Crippen molar-refractivity contribution < 1.29 is 13.0 Å². The average Bonchev–Trinajstić information content (AvgIpc) is 3.09. The summed E-state index contributed by atoms with van der Waals surface area (Å²) in [5.74, 6) is 0. The SMILES string of the molecule is Cc1ccc(S(=O)(=O)C(=Cc2ccc(N(C)C)cc2)c2sc3ccccc3[n+]2C)cc1. The monoisotopic (exact) mass is 449 g/mol. The van der Waals surface area contributed by atoms with E-state index in [0.29, 0.717) is 14.8 Å². The Kier molecular flexibility index (Phi) is 5.69. The molecule has 0 saturated heterocycles. The number of aromatic nitrogens is 1. The van der Waals surface area contributed by atoms with Crippen LogP contribution in [0, 0.1) is 6.92 Å². The van der Waals surface area contributed by atoms with Gasteiger partial charge in [0.1, 0.15) is 11.7 Å². The number of para-hydroxylation sites is 1. The number of hydrogen-bond donors (Lipinski definition) is 0. The van der Waals surface area contributed by atoms with Gasteiger partial charge in [-0.15, -0.1) is 0 Å². The number of rotatable bonds is 5. The number of nitrogens with zero attached hydrogens (tertiary/aromatic N) is 2. The number of fused-ring (bicyclic) bond motifs is 1. The molecule has 0 atom stereocenters. The maximum absolute atomic E-state index is 13.8. The lowest BCUT2D eigenvalue weighted by atomic mass is 10.2. The predicted octanol–water partition coefficient (Wildman–Crippen LogP) is 5.07. The third-order valence-electron chi connectivity index (χ3n) is 5.28. The number of aryl methyl sites for hydroxylation is 2. The Morgan fingerprint density at radius 2 is 1.58 bits per heavy atom. The van der Waals surface area contributed by atoms with Crippen molar-refractivity contribution >= 4 is 48.1 Å². The number of thiazole rings is 1. The third kappa shape index (κ3) is 4.13.